The Labute approximate surface area is 76.4 Å². The van der Waals surface area contributed by atoms with E-state index < -0.39 is 0 Å². The van der Waals surface area contributed by atoms with E-state index >= 15 is 0 Å². The molecule has 0 radical (unpaired) electrons. The third kappa shape index (κ3) is 1.50. The zero-order valence-corrected chi connectivity index (χ0v) is 7.73. The summed E-state index contributed by atoms with van der Waals surface area (Å²) in [4.78, 5) is 0. The van der Waals surface area contributed by atoms with Crippen molar-refractivity contribution >= 4 is 17.6 Å². The molecule has 3 heteroatoms. The summed E-state index contributed by atoms with van der Waals surface area (Å²) in [6.45, 7) is 2.08. The van der Waals surface area contributed by atoms with Crippen LogP contribution in [0.1, 0.15) is 6.92 Å². The molecule has 0 saturated heterocycles. The van der Waals surface area contributed by atoms with Crippen LogP contribution in [0.15, 0.2) is 24.3 Å². The molecule has 0 aromatic heterocycles. The van der Waals surface area contributed by atoms with Gasteiger partial charge in [0.25, 0.3) is 0 Å². The number of benzene rings is 1. The Bertz CT molecular complexity index is 277. The van der Waals surface area contributed by atoms with Crippen molar-refractivity contribution in [1.29, 1.82) is 0 Å². The van der Waals surface area contributed by atoms with Gasteiger partial charge in [-0.1, -0.05) is 12.1 Å². The Hall–Kier alpha value is -0.830. The monoisotopic (exact) mass is 181 g/mol. The van der Waals surface area contributed by atoms with Gasteiger partial charge in [0.15, 0.2) is 0 Å². The van der Waals surface area contributed by atoms with E-state index in [1.807, 2.05) is 24.3 Å². The second-order valence-electron chi connectivity index (χ2n) is 2.84. The van der Waals surface area contributed by atoms with Crippen LogP contribution in [0.4, 0.5) is 5.69 Å². The van der Waals surface area contributed by atoms with E-state index in [0.717, 1.165) is 17.2 Å². The van der Waals surface area contributed by atoms with E-state index in [1.54, 1.807) is 11.9 Å². The summed E-state index contributed by atoms with van der Waals surface area (Å²) in [5, 5.41) is 0. The number of para-hydroxylation sites is 2. The molecule has 0 aliphatic carbocycles. The molecule has 12 heavy (non-hydrogen) atoms. The molecule has 1 unspecified atom stereocenters. The molecule has 0 bridgehead atoms. The Morgan fingerprint density at radius 1 is 1.50 bits per heavy atom. The van der Waals surface area contributed by atoms with Gasteiger partial charge in [0.1, 0.15) is 11.9 Å². The van der Waals surface area contributed by atoms with Gasteiger partial charge in [-0.05, 0) is 31.0 Å². The number of fused-ring (bicyclic) bond motifs is 1. The molecular weight excluding hydrogens is 170 g/mol. The number of nitrogens with one attached hydrogen (secondary N) is 1. The van der Waals surface area contributed by atoms with E-state index in [4.69, 9.17) is 4.74 Å². The number of anilines is 1. The first-order chi connectivity index (χ1) is 5.86. The minimum Gasteiger partial charge on any atom is -0.488 e. The maximum atomic E-state index is 5.67. The van der Waals surface area contributed by atoms with Crippen LogP contribution in [-0.4, -0.2) is 11.9 Å². The Kier molecular flexibility index (Phi) is 2.13. The van der Waals surface area contributed by atoms with Gasteiger partial charge < -0.3 is 9.46 Å². The fourth-order valence-corrected chi connectivity index (χ4v) is 1.85. The third-order valence-corrected chi connectivity index (χ3v) is 2.72. The summed E-state index contributed by atoms with van der Waals surface area (Å²) in [6, 6.07) is 8.01. The summed E-state index contributed by atoms with van der Waals surface area (Å²) < 4.78 is 8.92. The quantitative estimate of drug-likeness (QED) is 0.621. The van der Waals surface area contributed by atoms with Gasteiger partial charge in [-0.15, -0.1) is 0 Å². The van der Waals surface area contributed by atoms with Crippen molar-refractivity contribution < 1.29 is 4.74 Å². The van der Waals surface area contributed by atoms with Crippen LogP contribution in [0, 0.1) is 0 Å². The number of rotatable bonds is 0. The predicted molar refractivity (Wildman–Crippen MR) is 52.6 cm³/mol. The maximum Gasteiger partial charge on any atom is 0.143 e. The largest absolute Gasteiger partial charge is 0.488 e. The van der Waals surface area contributed by atoms with Crippen molar-refractivity contribution in [3.8, 4) is 5.75 Å². The summed E-state index contributed by atoms with van der Waals surface area (Å²) in [6.07, 6.45) is 0.283. The number of hydrogen-bond acceptors (Lipinski definition) is 3. The van der Waals surface area contributed by atoms with Gasteiger partial charge in [-0.25, -0.2) is 0 Å². The summed E-state index contributed by atoms with van der Waals surface area (Å²) >= 11 is 1.69. The van der Waals surface area contributed by atoms with Crippen molar-refractivity contribution in [3.05, 3.63) is 24.3 Å². The minimum atomic E-state index is 0.283. The van der Waals surface area contributed by atoms with Gasteiger partial charge >= 0.3 is 0 Å². The Morgan fingerprint density at radius 2 is 2.33 bits per heavy atom. The lowest BCUT2D eigenvalue weighted by molar-refractivity contribution is 0.250. The SMILES string of the molecule is CC1CSNc2ccccc2O1. The van der Waals surface area contributed by atoms with Crippen LogP contribution in [0.3, 0.4) is 0 Å². The van der Waals surface area contributed by atoms with E-state index in [9.17, 15) is 0 Å². The standard InChI is InChI=1S/C9H11NOS/c1-7-6-12-10-8-4-2-3-5-9(8)11-7/h2-5,7,10H,6H2,1H3. The molecule has 1 atom stereocenters. The normalized spacial score (nSPS) is 21.6. The van der Waals surface area contributed by atoms with E-state index in [2.05, 4.69) is 11.6 Å². The molecule has 2 rings (SSSR count). The van der Waals surface area contributed by atoms with Crippen molar-refractivity contribution in [1.82, 2.24) is 0 Å². The highest BCUT2D eigenvalue weighted by Gasteiger charge is 2.12. The minimum absolute atomic E-state index is 0.283. The molecule has 64 valence electrons. The van der Waals surface area contributed by atoms with Gasteiger partial charge in [-0.3, -0.25) is 0 Å². The Morgan fingerprint density at radius 3 is 3.25 bits per heavy atom. The lowest BCUT2D eigenvalue weighted by Gasteiger charge is -2.10. The average Bonchev–Trinajstić information content (AvgIpc) is 2.25. The molecule has 1 aromatic rings. The second kappa shape index (κ2) is 3.27. The van der Waals surface area contributed by atoms with Gasteiger partial charge in [-0.2, -0.15) is 0 Å². The van der Waals surface area contributed by atoms with Gasteiger partial charge in [0.05, 0.1) is 11.4 Å². The van der Waals surface area contributed by atoms with Crippen molar-refractivity contribution in [2.45, 2.75) is 13.0 Å². The van der Waals surface area contributed by atoms with Crippen LogP contribution < -0.4 is 9.46 Å². The van der Waals surface area contributed by atoms with Crippen LogP contribution in [0.5, 0.6) is 5.75 Å². The molecule has 1 aliphatic rings. The molecule has 1 heterocycles. The average molecular weight is 181 g/mol. The zero-order valence-electron chi connectivity index (χ0n) is 6.91. The van der Waals surface area contributed by atoms with Crippen LogP contribution in [0.25, 0.3) is 0 Å². The third-order valence-electron chi connectivity index (χ3n) is 1.72. The highest BCUT2D eigenvalue weighted by Crippen LogP contribution is 2.30. The maximum absolute atomic E-state index is 5.67. The van der Waals surface area contributed by atoms with Crippen LogP contribution >= 0.6 is 11.9 Å². The lowest BCUT2D eigenvalue weighted by Crippen LogP contribution is -2.12. The highest BCUT2D eigenvalue weighted by molar-refractivity contribution is 8.00. The smallest absolute Gasteiger partial charge is 0.143 e. The summed E-state index contributed by atoms with van der Waals surface area (Å²) in [5.74, 6) is 1.93. The number of ether oxygens (including phenoxy) is 1. The van der Waals surface area contributed by atoms with Crippen molar-refractivity contribution in [2.75, 3.05) is 10.5 Å². The lowest BCUT2D eigenvalue weighted by atomic mass is 10.3. The van der Waals surface area contributed by atoms with Crippen molar-refractivity contribution in [2.24, 2.45) is 0 Å². The zero-order chi connectivity index (χ0) is 8.39. The van der Waals surface area contributed by atoms with Crippen LogP contribution in [-0.2, 0) is 0 Å². The van der Waals surface area contributed by atoms with E-state index in [-0.39, 0.29) is 6.10 Å². The van der Waals surface area contributed by atoms with Gasteiger partial charge in [0, 0.05) is 0 Å². The molecule has 0 saturated carbocycles. The summed E-state index contributed by atoms with van der Waals surface area (Å²) in [7, 11) is 0. The summed E-state index contributed by atoms with van der Waals surface area (Å²) in [5.41, 5.74) is 1.08. The van der Waals surface area contributed by atoms with Gasteiger partial charge in [0.2, 0.25) is 0 Å². The molecule has 0 spiro atoms. The van der Waals surface area contributed by atoms with E-state index in [0.29, 0.717) is 0 Å². The highest BCUT2D eigenvalue weighted by atomic mass is 32.2. The molecule has 1 N–H and O–H groups in total. The fraction of sp³-hybridized carbons (Fsp3) is 0.333. The molecule has 0 amide bonds. The second-order valence-corrected chi connectivity index (χ2v) is 3.66. The fourth-order valence-electron chi connectivity index (χ4n) is 1.14. The first-order valence-corrected chi connectivity index (χ1v) is 4.98. The number of hydrogen-bond donors (Lipinski definition) is 1. The first-order valence-electron chi connectivity index (χ1n) is 4.00. The van der Waals surface area contributed by atoms with Crippen molar-refractivity contribution in [3.63, 3.8) is 0 Å². The molecule has 0 fully saturated rings. The van der Waals surface area contributed by atoms with Crippen LogP contribution in [0.2, 0.25) is 0 Å². The molecule has 2 nitrogen and oxygen atoms in total. The topological polar surface area (TPSA) is 21.3 Å². The molecular formula is C9H11NOS. The predicted octanol–water partition coefficient (Wildman–Crippen LogP) is 2.53. The first kappa shape index (κ1) is 7.80. The molecule has 1 aromatic carbocycles. The molecule has 1 aliphatic heterocycles. The van der Waals surface area contributed by atoms with E-state index in [1.165, 1.54) is 0 Å². The Balaban J connectivity index is 2.31.